The van der Waals surface area contributed by atoms with Crippen LogP contribution in [0.25, 0.3) is 0 Å². The maximum absolute atomic E-state index is 5.08. The molecule has 0 heterocycles. The first-order chi connectivity index (χ1) is 5.74. The molecule has 0 aromatic rings. The molecule has 0 saturated carbocycles. The summed E-state index contributed by atoms with van der Waals surface area (Å²) in [5.74, 6) is -0.904. The molecule has 0 radical (unpaired) electrons. The Morgan fingerprint density at radius 1 is 0.917 bits per heavy atom. The minimum absolute atomic E-state index is 0.657. The summed E-state index contributed by atoms with van der Waals surface area (Å²) in [5, 5.41) is 0. The zero-order valence-corrected chi connectivity index (χ0v) is 8.25. The van der Waals surface area contributed by atoms with Crippen molar-refractivity contribution in [1.82, 2.24) is 0 Å². The van der Waals surface area contributed by atoms with Crippen molar-refractivity contribution in [3.63, 3.8) is 0 Å². The van der Waals surface area contributed by atoms with E-state index >= 15 is 0 Å². The molecule has 0 unspecified atom stereocenters. The monoisotopic (exact) mass is 178 g/mol. The fraction of sp³-hybridized carbons (Fsp3) is 1.00. The molecule has 0 fully saturated rings. The van der Waals surface area contributed by atoms with Crippen LogP contribution in [0.5, 0.6) is 0 Å². The van der Waals surface area contributed by atoms with Crippen LogP contribution >= 0.6 is 0 Å². The van der Waals surface area contributed by atoms with Crippen LogP contribution in [0.2, 0.25) is 0 Å². The van der Waals surface area contributed by atoms with E-state index in [1.165, 1.54) is 0 Å². The lowest BCUT2D eigenvalue weighted by Gasteiger charge is -2.28. The van der Waals surface area contributed by atoms with Crippen molar-refractivity contribution in [2.45, 2.75) is 18.8 Å². The molecule has 0 aliphatic carbocycles. The van der Waals surface area contributed by atoms with Gasteiger partial charge in [0.2, 0.25) is 0 Å². The molecule has 12 heavy (non-hydrogen) atoms. The molecule has 0 N–H and O–H groups in total. The molecule has 0 saturated heterocycles. The van der Waals surface area contributed by atoms with Gasteiger partial charge in [-0.2, -0.15) is 0 Å². The molecule has 0 aliphatic rings. The second kappa shape index (κ2) is 6.37. The quantitative estimate of drug-likeness (QED) is 0.430. The highest BCUT2D eigenvalue weighted by Gasteiger charge is 2.28. The van der Waals surface area contributed by atoms with Crippen molar-refractivity contribution in [2.75, 3.05) is 35.0 Å². The zero-order valence-electron chi connectivity index (χ0n) is 8.25. The Morgan fingerprint density at radius 2 is 1.42 bits per heavy atom. The summed E-state index contributed by atoms with van der Waals surface area (Å²) in [6.45, 7) is 0.678. The first kappa shape index (κ1) is 11.8. The largest absolute Gasteiger partial charge is 0.385 e. The van der Waals surface area contributed by atoms with Gasteiger partial charge in [0.25, 0.3) is 5.97 Å². The Hall–Kier alpha value is -0.160. The summed E-state index contributed by atoms with van der Waals surface area (Å²) in [6, 6.07) is 0. The van der Waals surface area contributed by atoms with Gasteiger partial charge >= 0.3 is 0 Å². The molecule has 4 nitrogen and oxygen atoms in total. The van der Waals surface area contributed by atoms with Gasteiger partial charge in [0.1, 0.15) is 0 Å². The molecule has 74 valence electrons. The number of methoxy groups -OCH3 is 4. The Labute approximate surface area is 73.7 Å². The third-order valence-corrected chi connectivity index (χ3v) is 1.76. The second-order valence-corrected chi connectivity index (χ2v) is 2.39. The van der Waals surface area contributed by atoms with Crippen LogP contribution in [0, 0.1) is 0 Å². The van der Waals surface area contributed by atoms with E-state index in [1.54, 1.807) is 28.4 Å². The molecule has 0 atom stereocenters. The Bertz CT molecular complexity index is 93.0. The van der Waals surface area contributed by atoms with Crippen LogP contribution < -0.4 is 0 Å². The van der Waals surface area contributed by atoms with Crippen molar-refractivity contribution in [3.05, 3.63) is 0 Å². The lowest BCUT2D eigenvalue weighted by Crippen LogP contribution is -2.36. The minimum Gasteiger partial charge on any atom is -0.385 e. The molecule has 0 aromatic heterocycles. The molecule has 0 aromatic carbocycles. The van der Waals surface area contributed by atoms with Crippen LogP contribution in [0.3, 0.4) is 0 Å². The summed E-state index contributed by atoms with van der Waals surface area (Å²) in [6.07, 6.45) is 1.50. The molecule has 4 heteroatoms. The van der Waals surface area contributed by atoms with Crippen molar-refractivity contribution < 1.29 is 18.9 Å². The SMILES string of the molecule is COCCCC(OC)(OC)OC. The van der Waals surface area contributed by atoms with E-state index in [4.69, 9.17) is 18.9 Å². The fourth-order valence-electron chi connectivity index (χ4n) is 0.989. The minimum atomic E-state index is -0.904. The van der Waals surface area contributed by atoms with E-state index < -0.39 is 5.97 Å². The summed E-state index contributed by atoms with van der Waals surface area (Å²) in [5.41, 5.74) is 0. The Balaban J connectivity index is 3.76. The van der Waals surface area contributed by atoms with Gasteiger partial charge in [-0.05, 0) is 6.42 Å². The number of hydrogen-bond donors (Lipinski definition) is 0. The predicted molar refractivity (Wildman–Crippen MR) is 44.9 cm³/mol. The third kappa shape index (κ3) is 3.49. The topological polar surface area (TPSA) is 36.9 Å². The molecule has 0 aliphatic heterocycles. The lowest BCUT2D eigenvalue weighted by atomic mass is 10.3. The number of ether oxygens (including phenoxy) is 4. The lowest BCUT2D eigenvalue weighted by molar-refractivity contribution is -0.355. The van der Waals surface area contributed by atoms with Crippen LogP contribution in [-0.4, -0.2) is 41.0 Å². The normalized spacial score (nSPS) is 12.0. The van der Waals surface area contributed by atoms with Crippen molar-refractivity contribution in [2.24, 2.45) is 0 Å². The van der Waals surface area contributed by atoms with E-state index in [0.717, 1.165) is 6.42 Å². The van der Waals surface area contributed by atoms with Gasteiger partial charge in [-0.25, -0.2) is 0 Å². The molecular weight excluding hydrogens is 160 g/mol. The van der Waals surface area contributed by atoms with E-state index in [1.807, 2.05) is 0 Å². The molecule has 0 bridgehead atoms. The first-order valence-corrected chi connectivity index (χ1v) is 3.89. The maximum Gasteiger partial charge on any atom is 0.282 e. The van der Waals surface area contributed by atoms with Crippen LogP contribution in [-0.2, 0) is 18.9 Å². The van der Waals surface area contributed by atoms with Crippen LogP contribution in [0.15, 0.2) is 0 Å². The van der Waals surface area contributed by atoms with E-state index in [2.05, 4.69) is 0 Å². The van der Waals surface area contributed by atoms with Gasteiger partial charge in [-0.1, -0.05) is 0 Å². The smallest absolute Gasteiger partial charge is 0.282 e. The standard InChI is InChI=1S/C8H18O4/c1-9-7-5-6-8(10-2,11-3)12-4/h5-7H2,1-4H3. The summed E-state index contributed by atoms with van der Waals surface area (Å²) >= 11 is 0. The van der Waals surface area contributed by atoms with E-state index in [-0.39, 0.29) is 0 Å². The number of rotatable bonds is 7. The molecule has 0 rings (SSSR count). The Kier molecular flexibility index (Phi) is 6.28. The predicted octanol–water partition coefficient (Wildman–Crippen LogP) is 1.01. The van der Waals surface area contributed by atoms with Crippen molar-refractivity contribution >= 4 is 0 Å². The van der Waals surface area contributed by atoms with Crippen LogP contribution in [0.4, 0.5) is 0 Å². The summed E-state index contributed by atoms with van der Waals surface area (Å²) in [4.78, 5) is 0. The van der Waals surface area contributed by atoms with E-state index in [9.17, 15) is 0 Å². The summed E-state index contributed by atoms with van der Waals surface area (Å²) in [7, 11) is 6.33. The van der Waals surface area contributed by atoms with Crippen LogP contribution in [0.1, 0.15) is 12.8 Å². The highest BCUT2D eigenvalue weighted by Crippen LogP contribution is 2.18. The Morgan fingerprint density at radius 3 is 1.75 bits per heavy atom. The second-order valence-electron chi connectivity index (χ2n) is 2.39. The molecule has 0 amide bonds. The van der Waals surface area contributed by atoms with Crippen molar-refractivity contribution in [3.8, 4) is 0 Å². The molecular formula is C8H18O4. The maximum atomic E-state index is 5.08. The zero-order chi connectivity index (χ0) is 9.45. The van der Waals surface area contributed by atoms with Gasteiger partial charge < -0.3 is 18.9 Å². The average Bonchev–Trinajstić information content (AvgIpc) is 2.14. The highest BCUT2D eigenvalue weighted by atomic mass is 16.9. The van der Waals surface area contributed by atoms with Crippen molar-refractivity contribution in [1.29, 1.82) is 0 Å². The van der Waals surface area contributed by atoms with Gasteiger partial charge in [-0.15, -0.1) is 0 Å². The van der Waals surface area contributed by atoms with Gasteiger partial charge in [0.05, 0.1) is 0 Å². The van der Waals surface area contributed by atoms with Gasteiger partial charge in [-0.3, -0.25) is 0 Å². The summed E-state index contributed by atoms with van der Waals surface area (Å²) < 4.78 is 20.2. The number of hydrogen-bond acceptors (Lipinski definition) is 4. The van der Waals surface area contributed by atoms with Gasteiger partial charge in [0.15, 0.2) is 0 Å². The average molecular weight is 178 g/mol. The highest BCUT2D eigenvalue weighted by molar-refractivity contribution is 4.55. The van der Waals surface area contributed by atoms with E-state index in [0.29, 0.717) is 13.0 Å². The first-order valence-electron chi connectivity index (χ1n) is 3.89. The molecule has 0 spiro atoms. The van der Waals surface area contributed by atoms with Gasteiger partial charge in [0, 0.05) is 41.5 Å². The fourth-order valence-corrected chi connectivity index (χ4v) is 0.989. The third-order valence-electron chi connectivity index (χ3n) is 1.76.